The van der Waals surface area contributed by atoms with E-state index in [-0.39, 0.29) is 12.5 Å². The summed E-state index contributed by atoms with van der Waals surface area (Å²) in [6.45, 7) is 5.77. The van der Waals surface area contributed by atoms with Crippen LogP contribution in [0.1, 0.15) is 149 Å². The van der Waals surface area contributed by atoms with Crippen LogP contribution in [0.25, 0.3) is 0 Å². The highest BCUT2D eigenvalue weighted by Gasteiger charge is 2.44. The fraction of sp³-hybridized carbons (Fsp3) is 0.821. The van der Waals surface area contributed by atoms with Crippen molar-refractivity contribution in [3.8, 4) is 0 Å². The van der Waals surface area contributed by atoms with Crippen LogP contribution in [0, 0.1) is 0 Å². The first-order chi connectivity index (χ1) is 23.2. The van der Waals surface area contributed by atoms with Gasteiger partial charge in [-0.05, 0) is 39.0 Å². The molecule has 0 bridgehead atoms. The summed E-state index contributed by atoms with van der Waals surface area (Å²) in [4.78, 5) is 12.8. The third-order valence-corrected chi connectivity index (χ3v) is 9.04. The highest BCUT2D eigenvalue weighted by atomic mass is 16.7. The third-order valence-electron chi connectivity index (χ3n) is 9.04. The smallest absolute Gasteiger partial charge is 0.220 e. The van der Waals surface area contributed by atoms with E-state index in [1.807, 2.05) is 6.08 Å². The normalized spacial score (nSPS) is 23.2. The van der Waals surface area contributed by atoms with Gasteiger partial charge in [0.25, 0.3) is 0 Å². The molecule has 1 saturated heterocycles. The number of aliphatic hydroxyl groups is 5. The van der Waals surface area contributed by atoms with Crippen molar-refractivity contribution in [1.82, 2.24) is 5.32 Å². The van der Waals surface area contributed by atoms with Crippen molar-refractivity contribution in [2.45, 2.75) is 192 Å². The molecule has 1 fully saturated rings. The van der Waals surface area contributed by atoms with E-state index in [0.29, 0.717) is 12.8 Å². The molecule has 9 nitrogen and oxygen atoms in total. The lowest BCUT2D eigenvalue weighted by molar-refractivity contribution is -0.302. The van der Waals surface area contributed by atoms with Gasteiger partial charge in [-0.15, -0.1) is 0 Å². The van der Waals surface area contributed by atoms with E-state index in [1.165, 1.54) is 89.0 Å². The first-order valence-corrected chi connectivity index (χ1v) is 19.1. The molecule has 1 rings (SSSR count). The Morgan fingerprint density at radius 2 is 1.35 bits per heavy atom. The number of amides is 1. The summed E-state index contributed by atoms with van der Waals surface area (Å²) in [6.07, 6.45) is 24.3. The molecule has 1 heterocycles. The van der Waals surface area contributed by atoms with Gasteiger partial charge in [-0.3, -0.25) is 4.79 Å². The highest BCUT2D eigenvalue weighted by Crippen LogP contribution is 2.22. The molecule has 0 aromatic carbocycles. The van der Waals surface area contributed by atoms with Gasteiger partial charge < -0.3 is 40.3 Å². The first-order valence-electron chi connectivity index (χ1n) is 19.1. The highest BCUT2D eigenvalue weighted by molar-refractivity contribution is 5.76. The predicted molar refractivity (Wildman–Crippen MR) is 193 cm³/mol. The molecule has 7 unspecified atom stereocenters. The molecule has 1 amide bonds. The molecule has 1 aliphatic heterocycles. The molecule has 0 radical (unpaired) electrons. The molecule has 7 atom stereocenters. The van der Waals surface area contributed by atoms with Crippen LogP contribution in [0.3, 0.4) is 0 Å². The van der Waals surface area contributed by atoms with Gasteiger partial charge >= 0.3 is 0 Å². The summed E-state index contributed by atoms with van der Waals surface area (Å²) < 4.78 is 11.1. The quantitative estimate of drug-likeness (QED) is 0.0296. The van der Waals surface area contributed by atoms with E-state index in [0.717, 1.165) is 32.1 Å². The van der Waals surface area contributed by atoms with E-state index in [1.54, 1.807) is 6.08 Å². The Labute approximate surface area is 291 Å². The van der Waals surface area contributed by atoms with Crippen LogP contribution in [0.4, 0.5) is 0 Å². The Kier molecular flexibility index (Phi) is 27.0. The van der Waals surface area contributed by atoms with Crippen molar-refractivity contribution in [2.24, 2.45) is 0 Å². The molecule has 0 saturated carbocycles. The maximum atomic E-state index is 12.8. The summed E-state index contributed by atoms with van der Waals surface area (Å²) in [7, 11) is 0. The third kappa shape index (κ3) is 20.8. The van der Waals surface area contributed by atoms with Gasteiger partial charge in [0.05, 0.1) is 25.4 Å². The van der Waals surface area contributed by atoms with Crippen molar-refractivity contribution >= 4 is 5.91 Å². The van der Waals surface area contributed by atoms with Crippen LogP contribution >= 0.6 is 0 Å². The lowest BCUT2D eigenvalue weighted by Gasteiger charge is -2.40. The second-order valence-electron chi connectivity index (χ2n) is 13.5. The van der Waals surface area contributed by atoms with E-state index in [4.69, 9.17) is 9.47 Å². The Hall–Kier alpha value is -1.59. The molecule has 1 aliphatic rings. The SMILES string of the molecule is CCCCCCCC=CC(C)=CCCC=CC(O)C(COC1OC(CO)C(O)C(O)C1O)NC(=O)CCCCCCCCCCCCC. The van der Waals surface area contributed by atoms with Crippen LogP contribution in [-0.4, -0.2) is 87.5 Å². The summed E-state index contributed by atoms with van der Waals surface area (Å²) >= 11 is 0. The molecular formula is C39H71NO8. The second kappa shape index (κ2) is 29.2. The molecular weight excluding hydrogens is 610 g/mol. The number of rotatable bonds is 29. The van der Waals surface area contributed by atoms with Crippen molar-refractivity contribution in [2.75, 3.05) is 13.2 Å². The minimum Gasteiger partial charge on any atom is -0.394 e. The van der Waals surface area contributed by atoms with E-state index >= 15 is 0 Å². The zero-order chi connectivity index (χ0) is 35.4. The molecule has 0 aromatic rings. The largest absolute Gasteiger partial charge is 0.394 e. The van der Waals surface area contributed by atoms with Crippen LogP contribution in [0.2, 0.25) is 0 Å². The Bertz CT molecular complexity index is 876. The number of ether oxygens (including phenoxy) is 2. The number of hydrogen-bond acceptors (Lipinski definition) is 8. The minimum atomic E-state index is -1.57. The average molecular weight is 682 g/mol. The summed E-state index contributed by atoms with van der Waals surface area (Å²) in [5, 5.41) is 53.9. The van der Waals surface area contributed by atoms with E-state index in [2.05, 4.69) is 44.3 Å². The van der Waals surface area contributed by atoms with Gasteiger partial charge in [-0.25, -0.2) is 0 Å². The number of hydrogen-bond donors (Lipinski definition) is 6. The van der Waals surface area contributed by atoms with Crippen LogP contribution in [0.15, 0.2) is 36.0 Å². The van der Waals surface area contributed by atoms with Crippen molar-refractivity contribution in [3.05, 3.63) is 36.0 Å². The number of aliphatic hydroxyl groups excluding tert-OH is 5. The van der Waals surface area contributed by atoms with Crippen molar-refractivity contribution < 1.29 is 39.8 Å². The number of allylic oxidation sites excluding steroid dienone is 5. The van der Waals surface area contributed by atoms with Gasteiger partial charge in [0, 0.05) is 6.42 Å². The molecule has 48 heavy (non-hydrogen) atoms. The zero-order valence-electron chi connectivity index (χ0n) is 30.4. The molecule has 9 heteroatoms. The van der Waals surface area contributed by atoms with Gasteiger partial charge in [-0.1, -0.05) is 140 Å². The Morgan fingerprint density at radius 1 is 0.771 bits per heavy atom. The number of carbonyl (C=O) groups is 1. The van der Waals surface area contributed by atoms with Gasteiger partial charge in [0.2, 0.25) is 5.91 Å². The number of nitrogens with one attached hydrogen (secondary N) is 1. The molecule has 6 N–H and O–H groups in total. The maximum Gasteiger partial charge on any atom is 0.220 e. The molecule has 280 valence electrons. The summed E-state index contributed by atoms with van der Waals surface area (Å²) in [5.41, 5.74) is 1.21. The van der Waals surface area contributed by atoms with Crippen LogP contribution < -0.4 is 5.32 Å². The zero-order valence-corrected chi connectivity index (χ0v) is 30.4. The monoisotopic (exact) mass is 682 g/mol. The minimum absolute atomic E-state index is 0.198. The lowest BCUT2D eigenvalue weighted by atomic mass is 9.99. The maximum absolute atomic E-state index is 12.8. The van der Waals surface area contributed by atoms with Crippen LogP contribution in [0.5, 0.6) is 0 Å². The molecule has 0 spiro atoms. The Balaban J connectivity index is 2.59. The fourth-order valence-electron chi connectivity index (χ4n) is 5.84. The predicted octanol–water partition coefficient (Wildman–Crippen LogP) is 6.55. The van der Waals surface area contributed by atoms with Crippen LogP contribution in [-0.2, 0) is 14.3 Å². The van der Waals surface area contributed by atoms with Gasteiger partial charge in [0.1, 0.15) is 24.4 Å². The summed E-state index contributed by atoms with van der Waals surface area (Å²) in [6, 6.07) is -0.827. The fourth-order valence-corrected chi connectivity index (χ4v) is 5.84. The van der Waals surface area contributed by atoms with E-state index in [9.17, 15) is 30.3 Å². The summed E-state index contributed by atoms with van der Waals surface area (Å²) in [5.74, 6) is -0.198. The van der Waals surface area contributed by atoms with Gasteiger partial charge in [-0.2, -0.15) is 0 Å². The lowest BCUT2D eigenvalue weighted by Crippen LogP contribution is -2.60. The number of unbranched alkanes of at least 4 members (excludes halogenated alkanes) is 16. The Morgan fingerprint density at radius 3 is 1.96 bits per heavy atom. The average Bonchev–Trinajstić information content (AvgIpc) is 3.08. The first kappa shape index (κ1) is 44.4. The van der Waals surface area contributed by atoms with Gasteiger partial charge in [0.15, 0.2) is 6.29 Å². The van der Waals surface area contributed by atoms with Crippen molar-refractivity contribution in [1.29, 1.82) is 0 Å². The van der Waals surface area contributed by atoms with E-state index < -0.39 is 49.5 Å². The standard InChI is InChI=1S/C39H71NO8/c1-4-6-8-10-12-13-14-15-17-19-24-28-35(43)40-32(30-47-39-38(46)37(45)36(44)34(29-41)48-39)33(42)27-23-20-22-26-31(3)25-21-18-16-11-9-7-5-2/h21,23,25-27,32-34,36-39,41-42,44-46H,4-20,22,24,28-30H2,1-3H3,(H,40,43). The second-order valence-corrected chi connectivity index (χ2v) is 13.5. The molecule has 0 aliphatic carbocycles. The van der Waals surface area contributed by atoms with Crippen molar-refractivity contribution in [3.63, 3.8) is 0 Å². The topological polar surface area (TPSA) is 149 Å². The number of carbonyl (C=O) groups excluding carboxylic acids is 1. The molecule has 0 aromatic heterocycles.